The quantitative estimate of drug-likeness (QED) is 0.274. The van der Waals surface area contributed by atoms with E-state index >= 15 is 0 Å². The molecular weight excluding hydrogens is 421 g/mol. The molecule has 0 unspecified atom stereocenters. The van der Waals surface area contributed by atoms with Gasteiger partial charge in [0, 0.05) is 44.5 Å². The summed E-state index contributed by atoms with van der Waals surface area (Å²) in [4.78, 5) is 3.72. The molecule has 2 aromatic rings. The van der Waals surface area contributed by atoms with Crippen LogP contribution in [0.25, 0.3) is 0 Å². The highest BCUT2D eigenvalue weighted by Crippen LogP contribution is 2.40. The van der Waals surface area contributed by atoms with Crippen molar-refractivity contribution in [1.29, 1.82) is 0 Å². The van der Waals surface area contributed by atoms with Gasteiger partial charge in [0.2, 0.25) is 5.82 Å². The van der Waals surface area contributed by atoms with Gasteiger partial charge in [-0.25, -0.2) is 26.3 Å². The predicted octanol–water partition coefficient (Wildman–Crippen LogP) is 4.81. The van der Waals surface area contributed by atoms with E-state index in [1.807, 2.05) is 24.3 Å². The minimum absolute atomic E-state index is 0.0438. The van der Waals surface area contributed by atoms with Gasteiger partial charge in [0.25, 0.3) is 0 Å². The van der Waals surface area contributed by atoms with E-state index in [4.69, 9.17) is 0 Å². The largest absolute Gasteiger partial charge is 0.369 e. The first-order valence-corrected chi connectivity index (χ1v) is 10.6. The molecule has 0 N–H and O–H groups in total. The van der Waals surface area contributed by atoms with Gasteiger partial charge < -0.3 is 9.80 Å². The standard InChI is InChI=1S/C21H22F5N3S/c1-27-8-10-28(11-9-27)14-4-2-13(3-5-14)12-29(15-6-7-15)30-21-19(25)17(23)16(22)18(24)20(21)26/h2-5,15H,6-12H2,1H3. The lowest BCUT2D eigenvalue weighted by Gasteiger charge is -2.34. The highest BCUT2D eigenvalue weighted by molar-refractivity contribution is 7.97. The van der Waals surface area contributed by atoms with Gasteiger partial charge in [-0.1, -0.05) is 12.1 Å². The smallest absolute Gasteiger partial charge is 0.200 e. The summed E-state index contributed by atoms with van der Waals surface area (Å²) < 4.78 is 70.3. The van der Waals surface area contributed by atoms with Gasteiger partial charge in [-0.05, 0) is 49.5 Å². The van der Waals surface area contributed by atoms with E-state index in [1.165, 1.54) is 0 Å². The molecule has 2 aliphatic rings. The van der Waals surface area contributed by atoms with Crippen molar-refractivity contribution in [3.8, 4) is 0 Å². The number of piperazine rings is 1. The number of hydrogen-bond donors (Lipinski definition) is 0. The lowest BCUT2D eigenvalue weighted by Crippen LogP contribution is -2.44. The molecule has 3 nitrogen and oxygen atoms in total. The third-order valence-electron chi connectivity index (χ3n) is 5.48. The summed E-state index contributed by atoms with van der Waals surface area (Å²) >= 11 is 0.598. The van der Waals surface area contributed by atoms with E-state index in [0.717, 1.165) is 50.3 Å². The molecule has 0 bridgehead atoms. The van der Waals surface area contributed by atoms with E-state index in [0.29, 0.717) is 18.5 Å². The van der Waals surface area contributed by atoms with Crippen LogP contribution in [0.5, 0.6) is 0 Å². The van der Waals surface area contributed by atoms with Gasteiger partial charge in [-0.3, -0.25) is 0 Å². The molecule has 30 heavy (non-hydrogen) atoms. The number of benzene rings is 2. The zero-order valence-corrected chi connectivity index (χ0v) is 17.3. The van der Waals surface area contributed by atoms with Crippen molar-refractivity contribution >= 4 is 17.6 Å². The highest BCUT2D eigenvalue weighted by Gasteiger charge is 2.34. The number of halogens is 5. The Morgan fingerprint density at radius 2 is 1.37 bits per heavy atom. The fraction of sp³-hybridized carbons (Fsp3) is 0.429. The van der Waals surface area contributed by atoms with Crippen LogP contribution in [-0.4, -0.2) is 48.5 Å². The number of hydrogen-bond acceptors (Lipinski definition) is 4. The van der Waals surface area contributed by atoms with Crippen molar-refractivity contribution in [3.63, 3.8) is 0 Å². The number of likely N-dealkylation sites (N-methyl/N-ethyl adjacent to an activating group) is 1. The van der Waals surface area contributed by atoms with Crippen LogP contribution in [0.1, 0.15) is 18.4 Å². The van der Waals surface area contributed by atoms with Crippen molar-refractivity contribution in [3.05, 3.63) is 58.9 Å². The molecule has 0 radical (unpaired) electrons. The minimum Gasteiger partial charge on any atom is -0.369 e. The summed E-state index contributed by atoms with van der Waals surface area (Å²) in [6.07, 6.45) is 1.64. The molecule has 1 aliphatic carbocycles. The maximum absolute atomic E-state index is 14.1. The molecule has 2 aromatic carbocycles. The Labute approximate surface area is 176 Å². The third-order valence-corrected chi connectivity index (χ3v) is 6.68. The van der Waals surface area contributed by atoms with E-state index in [2.05, 4.69) is 16.8 Å². The molecule has 1 aliphatic heterocycles. The van der Waals surface area contributed by atoms with Crippen LogP contribution in [0.15, 0.2) is 29.2 Å². The second-order valence-electron chi connectivity index (χ2n) is 7.75. The lowest BCUT2D eigenvalue weighted by atomic mass is 10.1. The summed E-state index contributed by atoms with van der Waals surface area (Å²) in [5.74, 6) is -9.53. The van der Waals surface area contributed by atoms with Crippen LogP contribution in [0.2, 0.25) is 0 Å². The summed E-state index contributed by atoms with van der Waals surface area (Å²) in [7, 11) is 2.09. The van der Waals surface area contributed by atoms with Crippen LogP contribution in [0, 0.1) is 29.1 Å². The highest BCUT2D eigenvalue weighted by atomic mass is 32.2. The van der Waals surface area contributed by atoms with Gasteiger partial charge in [-0.15, -0.1) is 0 Å². The number of anilines is 1. The van der Waals surface area contributed by atoms with Crippen LogP contribution in [-0.2, 0) is 6.54 Å². The van der Waals surface area contributed by atoms with Crippen molar-refractivity contribution in [2.24, 2.45) is 0 Å². The minimum atomic E-state index is -2.13. The molecule has 162 valence electrons. The van der Waals surface area contributed by atoms with E-state index in [9.17, 15) is 22.0 Å². The second-order valence-corrected chi connectivity index (χ2v) is 8.81. The summed E-state index contributed by atoms with van der Waals surface area (Å²) in [5, 5.41) is 0. The molecular formula is C21H22F5N3S. The van der Waals surface area contributed by atoms with Crippen molar-refractivity contribution in [2.45, 2.75) is 30.3 Å². The fourth-order valence-electron chi connectivity index (χ4n) is 3.44. The zero-order valence-electron chi connectivity index (χ0n) is 16.5. The molecule has 1 saturated heterocycles. The first-order valence-electron chi connectivity index (χ1n) is 9.83. The third kappa shape index (κ3) is 4.43. The molecule has 0 aromatic heterocycles. The molecule has 0 spiro atoms. The SMILES string of the molecule is CN1CCN(c2ccc(CN(Sc3c(F)c(F)c(F)c(F)c3F)C3CC3)cc2)CC1. The van der Waals surface area contributed by atoms with Crippen LogP contribution >= 0.6 is 11.9 Å². The molecule has 0 atom stereocenters. The lowest BCUT2D eigenvalue weighted by molar-refractivity contribution is 0.313. The Kier molecular flexibility index (Phi) is 6.22. The van der Waals surface area contributed by atoms with Crippen molar-refractivity contribution < 1.29 is 22.0 Å². The van der Waals surface area contributed by atoms with Gasteiger partial charge in [0.1, 0.15) is 4.90 Å². The van der Waals surface area contributed by atoms with E-state index < -0.39 is 34.0 Å². The number of nitrogens with zero attached hydrogens (tertiary/aromatic N) is 3. The summed E-state index contributed by atoms with van der Waals surface area (Å²) in [6, 6.07) is 7.95. The van der Waals surface area contributed by atoms with Crippen LogP contribution < -0.4 is 4.90 Å². The van der Waals surface area contributed by atoms with Gasteiger partial charge in [0.15, 0.2) is 23.3 Å². The predicted molar refractivity (Wildman–Crippen MR) is 107 cm³/mol. The maximum Gasteiger partial charge on any atom is 0.200 e. The molecule has 1 saturated carbocycles. The average molecular weight is 443 g/mol. The normalized spacial score (nSPS) is 17.8. The molecule has 1 heterocycles. The summed E-state index contributed by atoms with van der Waals surface area (Å²) in [5.41, 5.74) is 2.02. The van der Waals surface area contributed by atoms with Gasteiger partial charge >= 0.3 is 0 Å². The second kappa shape index (κ2) is 8.72. The number of rotatable bonds is 6. The molecule has 9 heteroatoms. The monoisotopic (exact) mass is 443 g/mol. The maximum atomic E-state index is 14.1. The Bertz CT molecular complexity index is 883. The topological polar surface area (TPSA) is 9.72 Å². The first kappa shape index (κ1) is 21.4. The Morgan fingerprint density at radius 1 is 0.833 bits per heavy atom. The Morgan fingerprint density at radius 3 is 1.90 bits per heavy atom. The Balaban J connectivity index is 1.49. The molecule has 0 amide bonds. The van der Waals surface area contributed by atoms with Gasteiger partial charge in [-0.2, -0.15) is 0 Å². The molecule has 2 fully saturated rings. The summed E-state index contributed by atoms with van der Waals surface area (Å²) in [6.45, 7) is 4.23. The van der Waals surface area contributed by atoms with Crippen LogP contribution in [0.3, 0.4) is 0 Å². The van der Waals surface area contributed by atoms with Crippen molar-refractivity contribution in [2.75, 3.05) is 38.1 Å². The average Bonchev–Trinajstić information content (AvgIpc) is 3.60. The van der Waals surface area contributed by atoms with Crippen LogP contribution in [0.4, 0.5) is 27.6 Å². The fourth-order valence-corrected chi connectivity index (χ4v) is 4.58. The van der Waals surface area contributed by atoms with E-state index in [-0.39, 0.29) is 6.04 Å². The van der Waals surface area contributed by atoms with E-state index in [1.54, 1.807) is 4.31 Å². The first-order chi connectivity index (χ1) is 14.3. The molecule has 4 rings (SSSR count). The zero-order chi connectivity index (χ0) is 21.4. The van der Waals surface area contributed by atoms with Gasteiger partial charge in [0.05, 0.1) is 0 Å². The van der Waals surface area contributed by atoms with Crippen molar-refractivity contribution in [1.82, 2.24) is 9.21 Å². The Hall–Kier alpha value is -1.84.